The standard InChI is InChI=1S/C28H31N4O6S/c1-32(2,3)17-18-38-28(33)20-13-15-21(16-14-20)39(34,35)26-12-7-6-9-22(26)23-19-31(30-29-23)24-10-8-11-25(36-4)27(24)37-5/h6-16,19H,17-18H2,1-5H3/q+1. The van der Waals surface area contributed by atoms with Gasteiger partial charge in [-0.25, -0.2) is 17.9 Å². The summed E-state index contributed by atoms with van der Waals surface area (Å²) in [7, 11) is 5.12. The van der Waals surface area contributed by atoms with Crippen LogP contribution in [0.1, 0.15) is 10.4 Å². The second-order valence-corrected chi connectivity index (χ2v) is 11.7. The van der Waals surface area contributed by atoms with Crippen LogP contribution in [0.15, 0.2) is 82.7 Å². The highest BCUT2D eigenvalue weighted by Crippen LogP contribution is 2.35. The van der Waals surface area contributed by atoms with Crippen LogP contribution in [-0.4, -0.2) is 82.4 Å². The first-order chi connectivity index (χ1) is 18.5. The van der Waals surface area contributed by atoms with Gasteiger partial charge >= 0.3 is 5.97 Å². The van der Waals surface area contributed by atoms with Gasteiger partial charge in [0.15, 0.2) is 11.5 Å². The normalized spacial score (nSPS) is 11.7. The number of rotatable bonds is 10. The minimum absolute atomic E-state index is 0.0414. The van der Waals surface area contributed by atoms with Crippen molar-refractivity contribution in [3.8, 4) is 28.4 Å². The van der Waals surface area contributed by atoms with E-state index < -0.39 is 15.8 Å². The number of quaternary nitrogens is 1. The number of carbonyl (C=O) groups excluding carboxylic acids is 1. The quantitative estimate of drug-likeness (QED) is 0.217. The van der Waals surface area contributed by atoms with Gasteiger partial charge in [0.1, 0.15) is 24.5 Å². The Balaban J connectivity index is 1.62. The number of esters is 1. The van der Waals surface area contributed by atoms with E-state index in [1.54, 1.807) is 42.6 Å². The average molecular weight is 552 g/mol. The van der Waals surface area contributed by atoms with Crippen molar-refractivity contribution in [3.05, 3.63) is 78.5 Å². The molecule has 1 aromatic heterocycles. The molecule has 0 amide bonds. The molecule has 4 aromatic rings. The lowest BCUT2D eigenvalue weighted by Crippen LogP contribution is -2.38. The van der Waals surface area contributed by atoms with Gasteiger partial charge in [0.05, 0.1) is 56.9 Å². The van der Waals surface area contributed by atoms with Crippen molar-refractivity contribution in [1.29, 1.82) is 0 Å². The second-order valence-electron chi connectivity index (χ2n) is 9.73. The number of likely N-dealkylation sites (N-methyl/N-ethyl adjacent to an activating group) is 1. The lowest BCUT2D eigenvalue weighted by atomic mass is 10.2. The molecule has 3 aromatic carbocycles. The highest BCUT2D eigenvalue weighted by Gasteiger charge is 2.24. The van der Waals surface area contributed by atoms with Crippen LogP contribution in [-0.2, 0) is 14.6 Å². The molecule has 0 spiro atoms. The number of para-hydroxylation sites is 1. The fourth-order valence-electron chi connectivity index (χ4n) is 3.86. The van der Waals surface area contributed by atoms with Gasteiger partial charge in [-0.2, -0.15) is 0 Å². The van der Waals surface area contributed by atoms with Crippen molar-refractivity contribution in [2.24, 2.45) is 0 Å². The van der Waals surface area contributed by atoms with Gasteiger partial charge < -0.3 is 18.7 Å². The Kier molecular flexibility index (Phi) is 8.03. The number of methoxy groups -OCH3 is 2. The maximum Gasteiger partial charge on any atom is 0.338 e. The zero-order valence-corrected chi connectivity index (χ0v) is 23.3. The summed E-state index contributed by atoms with van der Waals surface area (Å²) in [5, 5.41) is 8.43. The molecular weight excluding hydrogens is 520 g/mol. The van der Waals surface area contributed by atoms with Gasteiger partial charge in [-0.05, 0) is 42.5 Å². The molecule has 1 heterocycles. The zero-order valence-electron chi connectivity index (χ0n) is 22.5. The number of hydrogen-bond donors (Lipinski definition) is 0. The first-order valence-corrected chi connectivity index (χ1v) is 13.6. The molecule has 0 fully saturated rings. The first-order valence-electron chi connectivity index (χ1n) is 12.1. The molecule has 0 aliphatic carbocycles. The molecule has 0 N–H and O–H groups in total. The Labute approximate surface area is 227 Å². The molecule has 0 aliphatic heterocycles. The molecule has 4 rings (SSSR count). The molecule has 0 radical (unpaired) electrons. The van der Waals surface area contributed by atoms with E-state index >= 15 is 0 Å². The van der Waals surface area contributed by atoms with Crippen LogP contribution in [0.5, 0.6) is 11.5 Å². The highest BCUT2D eigenvalue weighted by atomic mass is 32.2. The number of carbonyl (C=O) groups is 1. The van der Waals surface area contributed by atoms with E-state index in [-0.39, 0.29) is 22.0 Å². The van der Waals surface area contributed by atoms with E-state index in [4.69, 9.17) is 14.2 Å². The van der Waals surface area contributed by atoms with Gasteiger partial charge in [0.2, 0.25) is 9.84 Å². The van der Waals surface area contributed by atoms with Gasteiger partial charge in [-0.1, -0.05) is 29.5 Å². The minimum Gasteiger partial charge on any atom is -0.493 e. The van der Waals surface area contributed by atoms with Crippen LogP contribution in [0.2, 0.25) is 0 Å². The molecule has 39 heavy (non-hydrogen) atoms. The topological polar surface area (TPSA) is 110 Å². The molecule has 11 heteroatoms. The summed E-state index contributed by atoms with van der Waals surface area (Å²) < 4.78 is 45.6. The molecule has 0 aliphatic rings. The van der Waals surface area contributed by atoms with E-state index in [1.807, 2.05) is 21.1 Å². The van der Waals surface area contributed by atoms with Crippen LogP contribution in [0.25, 0.3) is 16.9 Å². The number of nitrogens with zero attached hydrogens (tertiary/aromatic N) is 4. The van der Waals surface area contributed by atoms with Gasteiger partial charge in [-0.3, -0.25) is 0 Å². The summed E-state index contributed by atoms with van der Waals surface area (Å²) in [6.07, 6.45) is 1.63. The zero-order chi connectivity index (χ0) is 28.2. The Morgan fingerprint density at radius 2 is 1.64 bits per heavy atom. The Morgan fingerprint density at radius 1 is 0.923 bits per heavy atom. The van der Waals surface area contributed by atoms with Gasteiger partial charge in [0, 0.05) is 5.56 Å². The van der Waals surface area contributed by atoms with Crippen molar-refractivity contribution in [2.75, 3.05) is 48.5 Å². The Hall–Kier alpha value is -4.22. The predicted octanol–water partition coefficient (Wildman–Crippen LogP) is 3.65. The van der Waals surface area contributed by atoms with E-state index in [1.165, 1.54) is 49.2 Å². The fourth-order valence-corrected chi connectivity index (χ4v) is 5.33. The summed E-state index contributed by atoms with van der Waals surface area (Å²) in [4.78, 5) is 12.5. The molecule has 0 bridgehead atoms. The third kappa shape index (κ3) is 6.10. The number of ether oxygens (including phenoxy) is 3. The van der Waals surface area contributed by atoms with Crippen molar-refractivity contribution >= 4 is 15.8 Å². The number of aromatic nitrogens is 3. The Bertz CT molecular complexity index is 1570. The molecule has 0 unspecified atom stereocenters. The highest BCUT2D eigenvalue weighted by molar-refractivity contribution is 7.91. The predicted molar refractivity (Wildman–Crippen MR) is 145 cm³/mol. The molecule has 0 atom stereocenters. The van der Waals surface area contributed by atoms with Crippen LogP contribution >= 0.6 is 0 Å². The summed E-state index contributed by atoms with van der Waals surface area (Å²) in [6.45, 7) is 0.919. The van der Waals surface area contributed by atoms with E-state index in [0.29, 0.717) is 39.5 Å². The molecule has 0 saturated heterocycles. The van der Waals surface area contributed by atoms with Crippen LogP contribution in [0.4, 0.5) is 0 Å². The maximum atomic E-state index is 13.6. The Morgan fingerprint density at radius 3 is 2.31 bits per heavy atom. The van der Waals surface area contributed by atoms with E-state index in [2.05, 4.69) is 10.3 Å². The fraction of sp³-hybridized carbons (Fsp3) is 0.250. The molecule has 204 valence electrons. The summed E-state index contributed by atoms with van der Waals surface area (Å²) in [5.41, 5.74) is 1.60. The van der Waals surface area contributed by atoms with E-state index in [9.17, 15) is 13.2 Å². The van der Waals surface area contributed by atoms with Crippen LogP contribution < -0.4 is 9.47 Å². The SMILES string of the molecule is COc1cccc(-n2cc(-c3ccccc3S(=O)(=O)c3ccc(C(=O)OCC[N+](C)(C)C)cc3)nn2)c1OC. The summed E-state index contributed by atoms with van der Waals surface area (Å²) in [6, 6.07) is 17.6. The van der Waals surface area contributed by atoms with Crippen molar-refractivity contribution in [1.82, 2.24) is 15.0 Å². The first kappa shape index (κ1) is 27.8. The molecule has 10 nitrogen and oxygen atoms in total. The second kappa shape index (κ2) is 11.3. The average Bonchev–Trinajstić information content (AvgIpc) is 3.42. The lowest BCUT2D eigenvalue weighted by Gasteiger charge is -2.23. The van der Waals surface area contributed by atoms with Crippen molar-refractivity contribution in [3.63, 3.8) is 0 Å². The number of hydrogen-bond acceptors (Lipinski definition) is 8. The molecular formula is C28H31N4O6S+. The van der Waals surface area contributed by atoms with Crippen LogP contribution in [0.3, 0.4) is 0 Å². The molecule has 0 saturated carbocycles. The third-order valence-corrected chi connectivity index (χ3v) is 7.80. The number of benzene rings is 3. The third-order valence-electron chi connectivity index (χ3n) is 5.97. The smallest absolute Gasteiger partial charge is 0.338 e. The minimum atomic E-state index is -3.95. The lowest BCUT2D eigenvalue weighted by molar-refractivity contribution is -0.870. The number of sulfone groups is 1. The van der Waals surface area contributed by atoms with Crippen molar-refractivity contribution in [2.45, 2.75) is 9.79 Å². The summed E-state index contributed by atoms with van der Waals surface area (Å²) >= 11 is 0. The largest absolute Gasteiger partial charge is 0.493 e. The van der Waals surface area contributed by atoms with Crippen LogP contribution in [0, 0.1) is 0 Å². The summed E-state index contributed by atoms with van der Waals surface area (Å²) in [5.74, 6) is 0.488. The van der Waals surface area contributed by atoms with Crippen molar-refractivity contribution < 1.29 is 31.9 Å². The monoisotopic (exact) mass is 551 g/mol. The van der Waals surface area contributed by atoms with E-state index in [0.717, 1.165) is 0 Å². The van der Waals surface area contributed by atoms with Gasteiger partial charge in [0.25, 0.3) is 0 Å². The maximum absolute atomic E-state index is 13.6. The van der Waals surface area contributed by atoms with Gasteiger partial charge in [-0.15, -0.1) is 5.10 Å².